The van der Waals surface area contributed by atoms with Crippen LogP contribution in [0.15, 0.2) is 29.4 Å². The standard InChI is InChI=1S/C25H35ClN6O4S/c1-16(2)28-25(34)32-11-10-31(14-17(32)3)22-13-21(26)29-24(30-22)37-15-23(33)27-9-8-18-6-7-19(35-4)20(12-18)36-5/h6-7,12-13,16-17H,8-11,14-15H2,1-5H3,(H,27,33)(H,28,34). The molecule has 1 fully saturated rings. The zero-order chi connectivity index (χ0) is 26.9. The summed E-state index contributed by atoms with van der Waals surface area (Å²) in [5, 5.41) is 6.62. The number of carbonyl (C=O) groups excluding carboxylic acids is 2. The third-order valence-corrected chi connectivity index (χ3v) is 6.84. The number of nitrogens with one attached hydrogen (secondary N) is 2. The second-order valence-corrected chi connectivity index (χ2v) is 10.3. The molecule has 1 aromatic heterocycles. The van der Waals surface area contributed by atoms with Crippen molar-refractivity contribution in [3.8, 4) is 11.5 Å². The Kier molecular flexibility index (Phi) is 10.5. The Morgan fingerprint density at radius 2 is 1.92 bits per heavy atom. The Balaban J connectivity index is 1.50. The van der Waals surface area contributed by atoms with Crippen LogP contribution in [0.4, 0.5) is 10.6 Å². The van der Waals surface area contributed by atoms with E-state index >= 15 is 0 Å². The molecule has 202 valence electrons. The molecule has 2 heterocycles. The van der Waals surface area contributed by atoms with Crippen molar-refractivity contribution in [1.29, 1.82) is 0 Å². The lowest BCUT2D eigenvalue weighted by atomic mass is 10.1. The van der Waals surface area contributed by atoms with Gasteiger partial charge in [-0.05, 0) is 44.9 Å². The van der Waals surface area contributed by atoms with Crippen molar-refractivity contribution in [2.45, 2.75) is 44.4 Å². The fourth-order valence-electron chi connectivity index (χ4n) is 3.97. The predicted octanol–water partition coefficient (Wildman–Crippen LogP) is 3.23. The van der Waals surface area contributed by atoms with Crippen molar-refractivity contribution in [2.75, 3.05) is 51.1 Å². The fraction of sp³-hybridized carbons (Fsp3) is 0.520. The number of methoxy groups -OCH3 is 2. The van der Waals surface area contributed by atoms with Crippen LogP contribution in [0, 0.1) is 0 Å². The molecular formula is C25H35ClN6O4S. The number of benzene rings is 1. The molecule has 1 aliphatic rings. The SMILES string of the molecule is COc1ccc(CCNC(=O)CSc2nc(Cl)cc(N3CCN(C(=O)NC(C)C)C(C)C3)n2)cc1OC. The van der Waals surface area contributed by atoms with Crippen LogP contribution in [-0.4, -0.2) is 85.0 Å². The van der Waals surface area contributed by atoms with Crippen molar-refractivity contribution in [3.05, 3.63) is 35.0 Å². The van der Waals surface area contributed by atoms with Gasteiger partial charge in [0, 0.05) is 44.3 Å². The van der Waals surface area contributed by atoms with Crippen LogP contribution in [0.1, 0.15) is 26.3 Å². The molecule has 0 aliphatic carbocycles. The molecule has 1 saturated heterocycles. The molecule has 0 radical (unpaired) electrons. The first-order valence-corrected chi connectivity index (χ1v) is 13.5. The van der Waals surface area contributed by atoms with Gasteiger partial charge in [-0.15, -0.1) is 0 Å². The maximum atomic E-state index is 12.4. The molecule has 3 rings (SSSR count). The molecule has 10 nitrogen and oxygen atoms in total. The first-order chi connectivity index (χ1) is 17.7. The highest BCUT2D eigenvalue weighted by atomic mass is 35.5. The Morgan fingerprint density at radius 3 is 2.59 bits per heavy atom. The van der Waals surface area contributed by atoms with Crippen molar-refractivity contribution < 1.29 is 19.1 Å². The number of amides is 3. The molecule has 1 aliphatic heterocycles. The minimum absolute atomic E-state index is 0.00814. The quantitative estimate of drug-likeness (QED) is 0.264. The fourth-order valence-corrected chi connectivity index (χ4v) is 4.88. The van der Waals surface area contributed by atoms with Crippen molar-refractivity contribution in [1.82, 2.24) is 25.5 Å². The van der Waals surface area contributed by atoms with Gasteiger partial charge in [0.15, 0.2) is 16.7 Å². The summed E-state index contributed by atoms with van der Waals surface area (Å²) >= 11 is 7.50. The van der Waals surface area contributed by atoms with Gasteiger partial charge < -0.3 is 29.9 Å². The zero-order valence-electron chi connectivity index (χ0n) is 21.9. The molecule has 0 saturated carbocycles. The van der Waals surface area contributed by atoms with E-state index in [0.717, 1.165) is 5.56 Å². The van der Waals surface area contributed by atoms with Gasteiger partial charge in [-0.2, -0.15) is 0 Å². The second kappa shape index (κ2) is 13.6. The summed E-state index contributed by atoms with van der Waals surface area (Å²) in [7, 11) is 3.19. The average molecular weight is 551 g/mol. The molecule has 1 atom stereocenters. The third-order valence-electron chi connectivity index (χ3n) is 5.80. The molecule has 2 N–H and O–H groups in total. The van der Waals surface area contributed by atoms with E-state index in [1.54, 1.807) is 20.3 Å². The average Bonchev–Trinajstić information content (AvgIpc) is 2.86. The number of thioether (sulfide) groups is 1. The maximum Gasteiger partial charge on any atom is 0.317 e. The molecule has 12 heteroatoms. The smallest absolute Gasteiger partial charge is 0.317 e. The number of piperazine rings is 1. The van der Waals surface area contributed by atoms with E-state index in [4.69, 9.17) is 21.1 Å². The molecule has 1 aromatic carbocycles. The summed E-state index contributed by atoms with van der Waals surface area (Å²) in [6.07, 6.45) is 0.661. The monoisotopic (exact) mass is 550 g/mol. The number of rotatable bonds is 10. The van der Waals surface area contributed by atoms with Crippen molar-refractivity contribution in [2.24, 2.45) is 0 Å². The molecule has 2 aromatic rings. The lowest BCUT2D eigenvalue weighted by Gasteiger charge is -2.40. The lowest BCUT2D eigenvalue weighted by Crippen LogP contribution is -2.57. The van der Waals surface area contributed by atoms with Gasteiger partial charge in [0.1, 0.15) is 11.0 Å². The minimum atomic E-state index is -0.117. The van der Waals surface area contributed by atoms with E-state index in [1.165, 1.54) is 11.8 Å². The molecule has 37 heavy (non-hydrogen) atoms. The van der Waals surface area contributed by atoms with Gasteiger partial charge in [0.2, 0.25) is 5.91 Å². The number of urea groups is 1. The number of nitrogens with zero attached hydrogens (tertiary/aromatic N) is 4. The summed E-state index contributed by atoms with van der Waals surface area (Å²) < 4.78 is 10.6. The molecule has 0 bridgehead atoms. The topological polar surface area (TPSA) is 109 Å². The van der Waals surface area contributed by atoms with E-state index in [2.05, 4.69) is 25.5 Å². The summed E-state index contributed by atoms with van der Waals surface area (Å²) in [4.78, 5) is 37.6. The van der Waals surface area contributed by atoms with Crippen LogP contribution >= 0.6 is 23.4 Å². The number of carbonyl (C=O) groups is 2. The van der Waals surface area contributed by atoms with Gasteiger partial charge in [0.25, 0.3) is 0 Å². The van der Waals surface area contributed by atoms with Crippen LogP contribution in [0.2, 0.25) is 5.15 Å². The molecule has 0 spiro atoms. The number of hydrogen-bond acceptors (Lipinski definition) is 8. The molecular weight excluding hydrogens is 516 g/mol. The second-order valence-electron chi connectivity index (χ2n) is 9.00. The van der Waals surface area contributed by atoms with Gasteiger partial charge in [-0.25, -0.2) is 14.8 Å². The zero-order valence-corrected chi connectivity index (χ0v) is 23.5. The highest BCUT2D eigenvalue weighted by Crippen LogP contribution is 2.28. The van der Waals surface area contributed by atoms with Crippen LogP contribution in [-0.2, 0) is 11.2 Å². The first-order valence-electron chi connectivity index (χ1n) is 12.2. The van der Waals surface area contributed by atoms with Crippen molar-refractivity contribution >= 4 is 41.1 Å². The molecule has 1 unspecified atom stereocenters. The minimum Gasteiger partial charge on any atom is -0.493 e. The normalized spacial score (nSPS) is 15.5. The van der Waals surface area contributed by atoms with Crippen LogP contribution in [0.5, 0.6) is 11.5 Å². The Hall–Kier alpha value is -2.92. The van der Waals surface area contributed by atoms with Crippen LogP contribution in [0.25, 0.3) is 0 Å². The van der Waals surface area contributed by atoms with E-state index in [1.807, 2.05) is 43.9 Å². The summed E-state index contributed by atoms with van der Waals surface area (Å²) in [6, 6.07) is 7.44. The van der Waals surface area contributed by atoms with Crippen LogP contribution < -0.4 is 25.0 Å². The number of hydrogen-bond donors (Lipinski definition) is 2. The highest BCUT2D eigenvalue weighted by molar-refractivity contribution is 7.99. The summed E-state index contributed by atoms with van der Waals surface area (Å²) in [5.41, 5.74) is 1.03. The van der Waals surface area contributed by atoms with E-state index < -0.39 is 0 Å². The highest BCUT2D eigenvalue weighted by Gasteiger charge is 2.28. The van der Waals surface area contributed by atoms with Gasteiger partial charge in [-0.3, -0.25) is 4.79 Å². The maximum absolute atomic E-state index is 12.4. The van der Waals surface area contributed by atoms with Gasteiger partial charge in [0.05, 0.1) is 20.0 Å². The van der Waals surface area contributed by atoms with E-state index in [9.17, 15) is 9.59 Å². The number of ether oxygens (including phenoxy) is 2. The van der Waals surface area contributed by atoms with E-state index in [-0.39, 0.29) is 29.8 Å². The Morgan fingerprint density at radius 1 is 1.16 bits per heavy atom. The number of aromatic nitrogens is 2. The predicted molar refractivity (Wildman–Crippen MR) is 146 cm³/mol. The summed E-state index contributed by atoms with van der Waals surface area (Å²) in [5.74, 6) is 2.07. The van der Waals surface area contributed by atoms with Crippen molar-refractivity contribution in [3.63, 3.8) is 0 Å². The van der Waals surface area contributed by atoms with E-state index in [0.29, 0.717) is 60.2 Å². The number of halogens is 1. The van der Waals surface area contributed by atoms with Gasteiger partial charge in [-0.1, -0.05) is 29.4 Å². The Labute approximate surface area is 227 Å². The van der Waals surface area contributed by atoms with Crippen LogP contribution in [0.3, 0.4) is 0 Å². The third kappa shape index (κ3) is 8.29. The summed E-state index contributed by atoms with van der Waals surface area (Å²) in [6.45, 7) is 8.22. The largest absolute Gasteiger partial charge is 0.493 e. The molecule has 3 amide bonds. The number of anilines is 1. The first kappa shape index (κ1) is 28.6. The van der Waals surface area contributed by atoms with Gasteiger partial charge >= 0.3 is 6.03 Å². The Bertz CT molecular complexity index is 1090. The lowest BCUT2D eigenvalue weighted by molar-refractivity contribution is -0.118.